The number of nitrogens with one attached hydrogen (secondary N) is 3. The van der Waals surface area contributed by atoms with Gasteiger partial charge in [0.15, 0.2) is 5.17 Å². The fraction of sp³-hybridized carbons (Fsp3) is 0.250. The summed E-state index contributed by atoms with van der Waals surface area (Å²) in [6, 6.07) is 14.3. The molecule has 2 aliphatic rings. The second kappa shape index (κ2) is 9.05. The van der Waals surface area contributed by atoms with E-state index in [9.17, 15) is 9.59 Å². The van der Waals surface area contributed by atoms with Crippen molar-refractivity contribution in [3.8, 4) is 5.75 Å². The van der Waals surface area contributed by atoms with E-state index in [0.29, 0.717) is 33.9 Å². The largest absolute Gasteiger partial charge is 0.495 e. The molecule has 1 fully saturated rings. The van der Waals surface area contributed by atoms with Crippen LogP contribution in [0.2, 0.25) is 5.02 Å². The van der Waals surface area contributed by atoms with Crippen LogP contribution in [-0.2, 0) is 9.59 Å². The Bertz CT molecular complexity index is 988. The van der Waals surface area contributed by atoms with Crippen LogP contribution in [0.1, 0.15) is 0 Å². The fourth-order valence-electron chi connectivity index (χ4n) is 3.25. The molecule has 4 rings (SSSR count). The van der Waals surface area contributed by atoms with Gasteiger partial charge >= 0.3 is 0 Å². The molecule has 1 saturated heterocycles. The lowest BCUT2D eigenvalue weighted by molar-refractivity contribution is -0.121. The molecule has 3 N–H and O–H groups in total. The highest BCUT2D eigenvalue weighted by Gasteiger charge is 2.42. The van der Waals surface area contributed by atoms with E-state index >= 15 is 0 Å². The normalized spacial score (nSPS) is 20.5. The van der Waals surface area contributed by atoms with Gasteiger partial charge in [-0.1, -0.05) is 41.6 Å². The number of para-hydroxylation sites is 1. The van der Waals surface area contributed by atoms with Crippen LogP contribution in [-0.4, -0.2) is 42.6 Å². The molecular formula is C20H20ClN5O3S. The van der Waals surface area contributed by atoms with Crippen LogP contribution in [0, 0.1) is 5.92 Å². The summed E-state index contributed by atoms with van der Waals surface area (Å²) >= 11 is 7.47. The first kappa shape index (κ1) is 20.7. The fourth-order valence-corrected chi connectivity index (χ4v) is 4.35. The third-order valence-corrected chi connectivity index (χ3v) is 5.96. The van der Waals surface area contributed by atoms with Gasteiger partial charge in [-0.2, -0.15) is 0 Å². The number of hydrogen-bond acceptors (Lipinski definition) is 7. The number of fused-ring (bicyclic) bond motifs is 1. The van der Waals surface area contributed by atoms with E-state index in [1.54, 1.807) is 18.2 Å². The van der Waals surface area contributed by atoms with Crippen LogP contribution in [0.15, 0.2) is 53.5 Å². The Morgan fingerprint density at radius 2 is 2.13 bits per heavy atom. The first-order valence-corrected chi connectivity index (χ1v) is 10.6. The molecule has 2 atom stereocenters. The number of ether oxygens (including phenoxy) is 1. The Morgan fingerprint density at radius 1 is 1.33 bits per heavy atom. The molecule has 2 unspecified atom stereocenters. The third kappa shape index (κ3) is 4.29. The van der Waals surface area contributed by atoms with Gasteiger partial charge in [-0.3, -0.25) is 19.9 Å². The van der Waals surface area contributed by atoms with Crippen molar-refractivity contribution in [3.05, 3.63) is 53.6 Å². The summed E-state index contributed by atoms with van der Waals surface area (Å²) < 4.78 is 5.20. The van der Waals surface area contributed by atoms with Crippen LogP contribution in [0.5, 0.6) is 5.75 Å². The summed E-state index contributed by atoms with van der Waals surface area (Å²) in [6.07, 6.45) is -0.373. The van der Waals surface area contributed by atoms with Crippen molar-refractivity contribution in [2.75, 3.05) is 29.6 Å². The standard InChI is InChI=1S/C20H20ClN5O3S/c1-29-16-8-7-13(9-15(16)21)26-19(28)14-10-22-25-18(14)24-20(26)30-11-17(27)23-12-5-3-2-4-6-12/h2-9,14,18,22,25H,10-11H2,1H3,(H,23,27). The van der Waals surface area contributed by atoms with Crippen LogP contribution < -0.4 is 25.8 Å². The maximum atomic E-state index is 13.2. The number of thioether (sulfide) groups is 1. The summed E-state index contributed by atoms with van der Waals surface area (Å²) in [7, 11) is 1.53. The maximum Gasteiger partial charge on any atom is 0.241 e. The Kier molecular flexibility index (Phi) is 6.24. The second-order valence-electron chi connectivity index (χ2n) is 6.68. The molecule has 2 heterocycles. The number of rotatable bonds is 5. The van der Waals surface area contributed by atoms with Gasteiger partial charge in [0, 0.05) is 12.2 Å². The second-order valence-corrected chi connectivity index (χ2v) is 8.03. The lowest BCUT2D eigenvalue weighted by Crippen LogP contribution is -2.49. The number of aliphatic imine (C=N–C) groups is 1. The number of hydrogen-bond donors (Lipinski definition) is 3. The van der Waals surface area contributed by atoms with E-state index in [2.05, 4.69) is 21.2 Å². The Labute approximate surface area is 183 Å². The molecule has 156 valence electrons. The van der Waals surface area contributed by atoms with E-state index in [0.717, 1.165) is 0 Å². The van der Waals surface area contributed by atoms with Crippen LogP contribution in [0.25, 0.3) is 0 Å². The summed E-state index contributed by atoms with van der Waals surface area (Å²) in [5.74, 6) is -0.0197. The number of anilines is 2. The summed E-state index contributed by atoms with van der Waals surface area (Å²) in [6.45, 7) is 0.472. The quantitative estimate of drug-likeness (QED) is 0.654. The number of carbonyl (C=O) groups excluding carboxylic acids is 2. The van der Waals surface area contributed by atoms with Crippen LogP contribution in [0.4, 0.5) is 11.4 Å². The van der Waals surface area contributed by atoms with Gasteiger partial charge in [-0.15, -0.1) is 0 Å². The van der Waals surface area contributed by atoms with E-state index in [4.69, 9.17) is 16.3 Å². The van der Waals surface area contributed by atoms with E-state index in [1.807, 2.05) is 30.3 Å². The Morgan fingerprint density at radius 3 is 2.87 bits per heavy atom. The Hall–Kier alpha value is -2.59. The SMILES string of the molecule is COc1ccc(N2C(=O)C3CNNC3N=C2SCC(=O)Nc2ccccc2)cc1Cl. The van der Waals surface area contributed by atoms with Crippen molar-refractivity contribution >= 4 is 51.7 Å². The zero-order chi connectivity index (χ0) is 21.1. The van der Waals surface area contributed by atoms with E-state index in [-0.39, 0.29) is 29.7 Å². The minimum atomic E-state index is -0.373. The van der Waals surface area contributed by atoms with Crippen LogP contribution >= 0.6 is 23.4 Å². The summed E-state index contributed by atoms with van der Waals surface area (Å²) in [4.78, 5) is 31.8. The topological polar surface area (TPSA) is 95.1 Å². The van der Waals surface area contributed by atoms with Gasteiger partial charge in [0.05, 0.1) is 29.5 Å². The molecule has 0 bridgehead atoms. The number of benzene rings is 2. The third-order valence-electron chi connectivity index (χ3n) is 4.71. The van der Waals surface area contributed by atoms with Crippen molar-refractivity contribution < 1.29 is 14.3 Å². The van der Waals surface area contributed by atoms with Crippen molar-refractivity contribution in [1.29, 1.82) is 0 Å². The van der Waals surface area contributed by atoms with Gasteiger partial charge in [-0.05, 0) is 30.3 Å². The molecule has 0 saturated carbocycles. The summed E-state index contributed by atoms with van der Waals surface area (Å²) in [5, 5.41) is 3.65. The molecule has 2 aliphatic heterocycles. The average Bonchev–Trinajstić information content (AvgIpc) is 3.22. The monoisotopic (exact) mass is 445 g/mol. The van der Waals surface area contributed by atoms with Gasteiger partial charge < -0.3 is 10.1 Å². The van der Waals surface area contributed by atoms with Gasteiger partial charge in [0.1, 0.15) is 11.9 Å². The predicted octanol–water partition coefficient (Wildman–Crippen LogP) is 2.47. The molecule has 0 aromatic heterocycles. The van der Waals surface area contributed by atoms with Crippen molar-refractivity contribution in [1.82, 2.24) is 10.9 Å². The molecule has 2 aromatic rings. The smallest absolute Gasteiger partial charge is 0.241 e. The van der Waals surface area contributed by atoms with Gasteiger partial charge in [0.2, 0.25) is 11.8 Å². The minimum absolute atomic E-state index is 0.103. The first-order valence-electron chi connectivity index (χ1n) is 9.28. The number of hydrazine groups is 1. The molecule has 2 aromatic carbocycles. The van der Waals surface area contributed by atoms with E-state index < -0.39 is 0 Å². The lowest BCUT2D eigenvalue weighted by atomic mass is 10.0. The number of nitrogens with zero attached hydrogens (tertiary/aromatic N) is 2. The average molecular weight is 446 g/mol. The molecular weight excluding hydrogens is 426 g/mol. The summed E-state index contributed by atoms with van der Waals surface area (Å²) in [5.41, 5.74) is 7.27. The molecule has 0 radical (unpaired) electrons. The van der Waals surface area contributed by atoms with Gasteiger partial charge in [-0.25, -0.2) is 10.4 Å². The molecule has 30 heavy (non-hydrogen) atoms. The predicted molar refractivity (Wildman–Crippen MR) is 119 cm³/mol. The minimum Gasteiger partial charge on any atom is -0.495 e. The Balaban J connectivity index is 1.55. The van der Waals surface area contributed by atoms with Crippen molar-refractivity contribution in [3.63, 3.8) is 0 Å². The van der Waals surface area contributed by atoms with E-state index in [1.165, 1.54) is 23.8 Å². The zero-order valence-electron chi connectivity index (χ0n) is 16.1. The highest BCUT2D eigenvalue weighted by molar-refractivity contribution is 8.14. The first-order chi connectivity index (χ1) is 14.6. The highest BCUT2D eigenvalue weighted by atomic mass is 35.5. The molecule has 2 amide bonds. The number of halogens is 1. The number of amides is 2. The molecule has 0 aliphatic carbocycles. The molecule has 10 heteroatoms. The maximum absolute atomic E-state index is 13.2. The lowest BCUT2D eigenvalue weighted by Gasteiger charge is -2.32. The zero-order valence-corrected chi connectivity index (χ0v) is 17.7. The highest BCUT2D eigenvalue weighted by Crippen LogP contribution is 2.34. The molecule has 0 spiro atoms. The van der Waals surface area contributed by atoms with Crippen LogP contribution in [0.3, 0.4) is 0 Å². The number of methoxy groups -OCH3 is 1. The van der Waals surface area contributed by atoms with Crippen molar-refractivity contribution in [2.24, 2.45) is 10.9 Å². The van der Waals surface area contributed by atoms with Crippen molar-refractivity contribution in [2.45, 2.75) is 6.17 Å². The molecule has 8 nitrogen and oxygen atoms in total. The number of amidine groups is 1. The van der Waals surface area contributed by atoms with Gasteiger partial charge in [0.25, 0.3) is 0 Å². The number of carbonyl (C=O) groups is 2.